The Labute approximate surface area is 349 Å². The molecule has 282 valence electrons. The van der Waals surface area contributed by atoms with Crippen LogP contribution in [0.3, 0.4) is 0 Å². The van der Waals surface area contributed by atoms with E-state index in [4.69, 9.17) is 4.98 Å². The van der Waals surface area contributed by atoms with Crippen molar-refractivity contribution in [2.75, 3.05) is 0 Å². The molecule has 1 heterocycles. The molecule has 1 aromatic heterocycles. The van der Waals surface area contributed by atoms with Gasteiger partial charge in [-0.15, -0.1) is 0 Å². The summed E-state index contributed by atoms with van der Waals surface area (Å²) in [5, 5.41) is 7.90. The Kier molecular flexibility index (Phi) is 6.94. The van der Waals surface area contributed by atoms with Gasteiger partial charge in [-0.2, -0.15) is 0 Å². The minimum absolute atomic E-state index is 0.135. The number of benzene rings is 9. The van der Waals surface area contributed by atoms with Crippen LogP contribution in [0.2, 0.25) is 0 Å². The molecule has 0 saturated heterocycles. The van der Waals surface area contributed by atoms with E-state index in [0.717, 1.165) is 41.0 Å². The van der Waals surface area contributed by atoms with Gasteiger partial charge in [0.1, 0.15) is 5.82 Å². The monoisotopic (exact) mass is 764 g/mol. The highest BCUT2D eigenvalue weighted by atomic mass is 15.1. The van der Waals surface area contributed by atoms with Gasteiger partial charge in [-0.1, -0.05) is 159 Å². The largest absolute Gasteiger partial charge is 0.292 e. The Hall–Kier alpha value is -7.29. The smallest absolute Gasteiger partial charge is 0.145 e. The second kappa shape index (κ2) is 12.4. The second-order valence-electron chi connectivity index (χ2n) is 17.3. The summed E-state index contributed by atoms with van der Waals surface area (Å²) < 4.78 is 2.29. The first-order valence-corrected chi connectivity index (χ1v) is 21.2. The summed E-state index contributed by atoms with van der Waals surface area (Å²) in [6, 6.07) is 61.0. The van der Waals surface area contributed by atoms with Gasteiger partial charge in [-0.05, 0) is 148 Å². The van der Waals surface area contributed by atoms with E-state index in [1.165, 1.54) is 99.1 Å². The first-order valence-electron chi connectivity index (χ1n) is 21.2. The zero-order valence-corrected chi connectivity index (χ0v) is 33.6. The zero-order valence-electron chi connectivity index (χ0n) is 33.6. The van der Waals surface area contributed by atoms with Gasteiger partial charge in [0.05, 0.1) is 11.0 Å². The van der Waals surface area contributed by atoms with Crippen molar-refractivity contribution in [3.8, 4) is 50.5 Å². The van der Waals surface area contributed by atoms with Gasteiger partial charge >= 0.3 is 0 Å². The maximum atomic E-state index is 5.20. The Morgan fingerprint density at radius 2 is 1.25 bits per heavy atom. The number of nitrogens with zero attached hydrogens (tertiary/aromatic N) is 2. The van der Waals surface area contributed by atoms with Crippen LogP contribution < -0.4 is 0 Å². The van der Waals surface area contributed by atoms with Crippen LogP contribution in [0.15, 0.2) is 176 Å². The molecule has 0 spiro atoms. The van der Waals surface area contributed by atoms with E-state index >= 15 is 0 Å². The van der Waals surface area contributed by atoms with Crippen molar-refractivity contribution < 1.29 is 0 Å². The summed E-state index contributed by atoms with van der Waals surface area (Å²) in [6.07, 6.45) is 9.07. The summed E-state index contributed by atoms with van der Waals surface area (Å²) in [4.78, 5) is 5.20. The molecule has 2 heteroatoms. The van der Waals surface area contributed by atoms with E-state index in [9.17, 15) is 0 Å². The number of allylic oxidation sites excluding steroid dienone is 3. The molecular weight excluding hydrogens is 725 g/mol. The molecule has 0 aliphatic heterocycles. The molecule has 3 aliphatic rings. The van der Waals surface area contributed by atoms with Gasteiger partial charge in [0.2, 0.25) is 0 Å². The standard InChI is InChI=1S/C58H40N2/c1-58(2)49-20-9-8-17-41(49)46-33-47-48(34-50(46)58)54(37-25-27-39(28-26-37)57-59-51-21-10-11-22-52(51)60(57)40-15-4-3-5-16-40)42-18-6-7-19-43(42)56(47)45-32-30-38-24-23-35-13-12-14-36-29-31-44(45)55(38)53(35)36/h3-12,14-23,25-34H,13,24H2,1-2H3. The fourth-order valence-corrected chi connectivity index (χ4v) is 11.1. The summed E-state index contributed by atoms with van der Waals surface area (Å²) in [5.74, 6) is 0.940. The molecule has 0 bridgehead atoms. The molecule has 0 radical (unpaired) electrons. The number of imidazole rings is 1. The van der Waals surface area contributed by atoms with Crippen molar-refractivity contribution in [2.45, 2.75) is 32.1 Å². The molecule has 0 saturated carbocycles. The van der Waals surface area contributed by atoms with Gasteiger partial charge in [0.25, 0.3) is 0 Å². The quantitative estimate of drug-likeness (QED) is 0.163. The van der Waals surface area contributed by atoms with Crippen molar-refractivity contribution in [1.82, 2.24) is 9.55 Å². The minimum atomic E-state index is -0.135. The van der Waals surface area contributed by atoms with Crippen molar-refractivity contribution in [3.63, 3.8) is 0 Å². The number of rotatable bonds is 4. The maximum Gasteiger partial charge on any atom is 0.145 e. The number of aromatic nitrogens is 2. The van der Waals surface area contributed by atoms with Gasteiger partial charge in [0.15, 0.2) is 0 Å². The van der Waals surface area contributed by atoms with E-state index in [1.54, 1.807) is 0 Å². The molecule has 0 unspecified atom stereocenters. The molecule has 0 N–H and O–H groups in total. The molecule has 2 nitrogen and oxygen atoms in total. The number of hydrogen-bond donors (Lipinski definition) is 0. The van der Waals surface area contributed by atoms with E-state index in [-0.39, 0.29) is 5.41 Å². The molecule has 60 heavy (non-hydrogen) atoms. The molecular formula is C58H40N2. The van der Waals surface area contributed by atoms with Crippen molar-refractivity contribution in [1.29, 1.82) is 0 Å². The molecule has 9 aromatic carbocycles. The summed E-state index contributed by atoms with van der Waals surface area (Å²) in [5.41, 5.74) is 20.4. The lowest BCUT2D eigenvalue weighted by atomic mass is 9.77. The second-order valence-corrected chi connectivity index (χ2v) is 17.3. The maximum absolute atomic E-state index is 5.20. The van der Waals surface area contributed by atoms with Crippen molar-refractivity contribution in [3.05, 3.63) is 204 Å². The number of fused-ring (bicyclic) bond motifs is 6. The van der Waals surface area contributed by atoms with E-state index < -0.39 is 0 Å². The first kappa shape index (κ1) is 33.7. The third kappa shape index (κ3) is 4.62. The average Bonchev–Trinajstić information content (AvgIpc) is 3.79. The third-order valence-electron chi connectivity index (χ3n) is 13.8. The lowest BCUT2D eigenvalue weighted by molar-refractivity contribution is 0.661. The predicted molar refractivity (Wildman–Crippen MR) is 253 cm³/mol. The van der Waals surface area contributed by atoms with E-state index in [0.29, 0.717) is 0 Å². The fraction of sp³-hybridized carbons (Fsp3) is 0.0862. The van der Waals surface area contributed by atoms with Crippen LogP contribution in [-0.2, 0) is 11.8 Å². The van der Waals surface area contributed by atoms with Crippen LogP contribution in [-0.4, -0.2) is 9.55 Å². The minimum Gasteiger partial charge on any atom is -0.292 e. The van der Waals surface area contributed by atoms with E-state index in [1.807, 2.05) is 0 Å². The average molecular weight is 765 g/mol. The third-order valence-corrected chi connectivity index (χ3v) is 13.8. The SMILES string of the molecule is CC1(C)c2ccccc2-c2cc3c(-c4ccc5c6c7c(ccc46)C=CCC7=CC5)c4ccccc4c(-c4ccc(-c5nc6ccccc6n5-c5ccccc5)cc4)c3cc21. The summed E-state index contributed by atoms with van der Waals surface area (Å²) >= 11 is 0. The summed E-state index contributed by atoms with van der Waals surface area (Å²) in [6.45, 7) is 4.79. The normalized spacial score (nSPS) is 14.5. The first-order chi connectivity index (χ1) is 29.5. The molecule has 10 aromatic rings. The number of hydrogen-bond acceptors (Lipinski definition) is 1. The number of para-hydroxylation sites is 3. The van der Waals surface area contributed by atoms with Crippen molar-refractivity contribution >= 4 is 55.0 Å². The van der Waals surface area contributed by atoms with Crippen molar-refractivity contribution in [2.24, 2.45) is 0 Å². The Balaban J connectivity index is 1.10. The highest BCUT2D eigenvalue weighted by Gasteiger charge is 2.36. The van der Waals surface area contributed by atoms with Gasteiger partial charge in [-0.25, -0.2) is 4.98 Å². The molecule has 3 aliphatic carbocycles. The lowest BCUT2D eigenvalue weighted by Gasteiger charge is -2.26. The Morgan fingerprint density at radius 1 is 0.517 bits per heavy atom. The summed E-state index contributed by atoms with van der Waals surface area (Å²) in [7, 11) is 0. The van der Waals surface area contributed by atoms with E-state index in [2.05, 4.69) is 200 Å². The highest BCUT2D eigenvalue weighted by Crippen LogP contribution is 2.54. The molecule has 0 fully saturated rings. The van der Waals surface area contributed by atoms with Crippen LogP contribution in [0.25, 0.3) is 105 Å². The van der Waals surface area contributed by atoms with Crippen LogP contribution in [0.1, 0.15) is 48.1 Å². The Bertz CT molecular complexity index is 3540. The molecule has 13 rings (SSSR count). The fourth-order valence-electron chi connectivity index (χ4n) is 11.1. The van der Waals surface area contributed by atoms with Gasteiger partial charge < -0.3 is 0 Å². The molecule has 0 amide bonds. The van der Waals surface area contributed by atoms with Crippen LogP contribution in [0.5, 0.6) is 0 Å². The van der Waals surface area contributed by atoms with Crippen LogP contribution in [0.4, 0.5) is 0 Å². The van der Waals surface area contributed by atoms with Gasteiger partial charge in [-0.3, -0.25) is 4.57 Å². The predicted octanol–water partition coefficient (Wildman–Crippen LogP) is 15.1. The Morgan fingerprint density at radius 3 is 2.12 bits per heavy atom. The lowest BCUT2D eigenvalue weighted by Crippen LogP contribution is -2.14. The molecule has 0 atom stereocenters. The van der Waals surface area contributed by atoms with Crippen LogP contribution >= 0.6 is 0 Å². The zero-order chi connectivity index (χ0) is 39.7. The van der Waals surface area contributed by atoms with Crippen LogP contribution in [0, 0.1) is 0 Å². The van der Waals surface area contributed by atoms with Gasteiger partial charge in [0, 0.05) is 16.7 Å². The highest BCUT2D eigenvalue weighted by molar-refractivity contribution is 6.25. The topological polar surface area (TPSA) is 17.8 Å².